The van der Waals surface area contributed by atoms with Crippen molar-refractivity contribution >= 4 is 11.8 Å². The number of hydrogen-bond donors (Lipinski definition) is 0. The highest BCUT2D eigenvalue weighted by Gasteiger charge is 2.01. The number of rotatable bonds is 1. The minimum Gasteiger partial charge on any atom is -0.293 e. The van der Waals surface area contributed by atoms with Crippen LogP contribution in [0.4, 0.5) is 0 Å². The van der Waals surface area contributed by atoms with Crippen molar-refractivity contribution in [2.75, 3.05) is 6.54 Å². The molecule has 0 aromatic carbocycles. The molecule has 0 N–H and O–H groups in total. The number of pyridine rings is 1. The van der Waals surface area contributed by atoms with Crippen LogP contribution in [-0.2, 0) is 0 Å². The molecule has 0 aliphatic carbocycles. The third-order valence-electron chi connectivity index (χ3n) is 1.92. The van der Waals surface area contributed by atoms with E-state index in [1.165, 1.54) is 11.1 Å². The SMILES string of the molecule is C1=NCC=C(c2cccnc2)C1. The topological polar surface area (TPSA) is 25.2 Å². The lowest BCUT2D eigenvalue weighted by molar-refractivity contribution is 1.19. The van der Waals surface area contributed by atoms with E-state index in [-0.39, 0.29) is 0 Å². The summed E-state index contributed by atoms with van der Waals surface area (Å²) in [6.45, 7) is 0.810. The van der Waals surface area contributed by atoms with Crippen LogP contribution in [0.1, 0.15) is 12.0 Å². The van der Waals surface area contributed by atoms with Gasteiger partial charge in [0.1, 0.15) is 0 Å². The molecule has 1 aromatic heterocycles. The van der Waals surface area contributed by atoms with Crippen molar-refractivity contribution in [3.63, 3.8) is 0 Å². The molecular formula is C10H10N2. The molecule has 0 atom stereocenters. The van der Waals surface area contributed by atoms with Gasteiger partial charge in [-0.25, -0.2) is 0 Å². The zero-order chi connectivity index (χ0) is 8.23. The van der Waals surface area contributed by atoms with Crippen molar-refractivity contribution in [1.82, 2.24) is 4.98 Å². The predicted molar refractivity (Wildman–Crippen MR) is 50.2 cm³/mol. The molecule has 60 valence electrons. The summed E-state index contributed by atoms with van der Waals surface area (Å²) in [5.74, 6) is 0. The number of aliphatic imine (C=N–C) groups is 1. The number of hydrogen-bond acceptors (Lipinski definition) is 2. The van der Waals surface area contributed by atoms with E-state index in [0.717, 1.165) is 13.0 Å². The quantitative estimate of drug-likeness (QED) is 0.613. The molecule has 0 spiro atoms. The molecule has 0 saturated heterocycles. The average Bonchev–Trinajstić information content (AvgIpc) is 2.21. The Morgan fingerprint density at radius 2 is 2.33 bits per heavy atom. The Morgan fingerprint density at radius 1 is 1.33 bits per heavy atom. The second-order valence-corrected chi connectivity index (χ2v) is 2.72. The lowest BCUT2D eigenvalue weighted by Crippen LogP contribution is -1.93. The summed E-state index contributed by atoms with van der Waals surface area (Å²) in [5.41, 5.74) is 2.54. The van der Waals surface area contributed by atoms with Gasteiger partial charge in [-0.2, -0.15) is 0 Å². The van der Waals surface area contributed by atoms with E-state index in [2.05, 4.69) is 22.1 Å². The molecule has 1 aliphatic heterocycles. The highest BCUT2D eigenvalue weighted by molar-refractivity contribution is 5.81. The maximum absolute atomic E-state index is 4.13. The van der Waals surface area contributed by atoms with Crippen LogP contribution < -0.4 is 0 Å². The van der Waals surface area contributed by atoms with Gasteiger partial charge in [-0.05, 0) is 17.2 Å². The van der Waals surface area contributed by atoms with Crippen LogP contribution in [0, 0.1) is 0 Å². The maximum Gasteiger partial charge on any atom is 0.0572 e. The van der Waals surface area contributed by atoms with Gasteiger partial charge in [0.25, 0.3) is 0 Å². The van der Waals surface area contributed by atoms with E-state index in [1.54, 1.807) is 6.20 Å². The summed E-state index contributed by atoms with van der Waals surface area (Å²) in [5, 5.41) is 0. The zero-order valence-corrected chi connectivity index (χ0v) is 6.77. The van der Waals surface area contributed by atoms with Crippen LogP contribution in [0.5, 0.6) is 0 Å². The second kappa shape index (κ2) is 3.30. The molecule has 12 heavy (non-hydrogen) atoms. The van der Waals surface area contributed by atoms with E-state index in [4.69, 9.17) is 0 Å². The molecule has 0 fully saturated rings. The van der Waals surface area contributed by atoms with Gasteiger partial charge in [-0.15, -0.1) is 0 Å². The molecule has 0 saturated carbocycles. The van der Waals surface area contributed by atoms with E-state index in [1.807, 2.05) is 18.5 Å². The van der Waals surface area contributed by atoms with Crippen LogP contribution in [0.25, 0.3) is 5.57 Å². The lowest BCUT2D eigenvalue weighted by Gasteiger charge is -2.06. The van der Waals surface area contributed by atoms with Crippen molar-refractivity contribution in [2.24, 2.45) is 4.99 Å². The van der Waals surface area contributed by atoms with Gasteiger partial charge in [-0.3, -0.25) is 9.98 Å². The number of aromatic nitrogens is 1. The minimum absolute atomic E-state index is 0.810. The second-order valence-electron chi connectivity index (χ2n) is 2.72. The van der Waals surface area contributed by atoms with Crippen LogP contribution in [0.15, 0.2) is 35.6 Å². The zero-order valence-electron chi connectivity index (χ0n) is 6.77. The van der Waals surface area contributed by atoms with Crippen LogP contribution in [-0.4, -0.2) is 17.7 Å². The first-order chi connectivity index (χ1) is 5.97. The Balaban J connectivity index is 2.26. The normalized spacial score (nSPS) is 15.8. The molecule has 1 aliphatic rings. The first kappa shape index (κ1) is 7.22. The Labute approximate surface area is 71.7 Å². The third-order valence-corrected chi connectivity index (χ3v) is 1.92. The Kier molecular flexibility index (Phi) is 1.99. The van der Waals surface area contributed by atoms with Crippen molar-refractivity contribution < 1.29 is 0 Å². The standard InChI is InChI=1S/C10H10N2/c1-2-10(8-12-5-1)9-3-6-11-7-4-9/h1-3,5,7-8H,4,6H2. The molecule has 2 rings (SSSR count). The molecule has 0 bridgehead atoms. The molecule has 0 radical (unpaired) electrons. The molecule has 2 heteroatoms. The summed E-state index contributed by atoms with van der Waals surface area (Å²) < 4.78 is 0. The monoisotopic (exact) mass is 158 g/mol. The van der Waals surface area contributed by atoms with Gasteiger partial charge in [0.2, 0.25) is 0 Å². The maximum atomic E-state index is 4.13. The molecule has 0 amide bonds. The Bertz CT molecular complexity index is 312. The highest BCUT2D eigenvalue weighted by Crippen LogP contribution is 2.17. The smallest absolute Gasteiger partial charge is 0.0572 e. The average molecular weight is 158 g/mol. The van der Waals surface area contributed by atoms with Crippen LogP contribution in [0.3, 0.4) is 0 Å². The first-order valence-electron chi connectivity index (χ1n) is 4.04. The summed E-state index contributed by atoms with van der Waals surface area (Å²) in [6.07, 6.45) is 8.73. The summed E-state index contributed by atoms with van der Waals surface area (Å²) >= 11 is 0. The van der Waals surface area contributed by atoms with Gasteiger partial charge in [-0.1, -0.05) is 12.1 Å². The molecule has 2 heterocycles. The summed E-state index contributed by atoms with van der Waals surface area (Å²) in [6, 6.07) is 4.04. The van der Waals surface area contributed by atoms with E-state index in [9.17, 15) is 0 Å². The molecule has 1 aromatic rings. The number of allylic oxidation sites excluding steroid dienone is 1. The van der Waals surface area contributed by atoms with Crippen LogP contribution in [0.2, 0.25) is 0 Å². The third kappa shape index (κ3) is 1.42. The van der Waals surface area contributed by atoms with E-state index in [0.29, 0.717) is 0 Å². The molecular weight excluding hydrogens is 148 g/mol. The minimum atomic E-state index is 0.810. The first-order valence-corrected chi connectivity index (χ1v) is 4.04. The fraction of sp³-hybridized carbons (Fsp3) is 0.200. The largest absolute Gasteiger partial charge is 0.293 e. The van der Waals surface area contributed by atoms with Gasteiger partial charge in [0.15, 0.2) is 0 Å². The van der Waals surface area contributed by atoms with Gasteiger partial charge < -0.3 is 0 Å². The lowest BCUT2D eigenvalue weighted by atomic mass is 10.0. The fourth-order valence-electron chi connectivity index (χ4n) is 1.27. The molecule has 0 unspecified atom stereocenters. The fourth-order valence-corrected chi connectivity index (χ4v) is 1.27. The predicted octanol–water partition coefficient (Wildman–Crippen LogP) is 1.94. The van der Waals surface area contributed by atoms with Crippen molar-refractivity contribution in [3.8, 4) is 0 Å². The van der Waals surface area contributed by atoms with Crippen molar-refractivity contribution in [1.29, 1.82) is 0 Å². The molecule has 2 nitrogen and oxygen atoms in total. The Morgan fingerprint density at radius 3 is 3.00 bits per heavy atom. The Hall–Kier alpha value is -1.44. The number of nitrogens with zero attached hydrogens (tertiary/aromatic N) is 2. The van der Waals surface area contributed by atoms with E-state index >= 15 is 0 Å². The number of dihydropyridines is 1. The van der Waals surface area contributed by atoms with Crippen LogP contribution >= 0.6 is 0 Å². The summed E-state index contributed by atoms with van der Waals surface area (Å²) in [4.78, 5) is 8.21. The van der Waals surface area contributed by atoms with E-state index < -0.39 is 0 Å². The van der Waals surface area contributed by atoms with Crippen molar-refractivity contribution in [3.05, 3.63) is 36.2 Å². The van der Waals surface area contributed by atoms with Gasteiger partial charge >= 0.3 is 0 Å². The van der Waals surface area contributed by atoms with Crippen molar-refractivity contribution in [2.45, 2.75) is 6.42 Å². The van der Waals surface area contributed by atoms with Gasteiger partial charge in [0, 0.05) is 25.0 Å². The summed E-state index contributed by atoms with van der Waals surface area (Å²) in [7, 11) is 0. The van der Waals surface area contributed by atoms with Gasteiger partial charge in [0.05, 0.1) is 6.54 Å². The highest BCUT2D eigenvalue weighted by atomic mass is 14.7.